The Morgan fingerprint density at radius 2 is 1.95 bits per heavy atom. The number of nitrogens with one attached hydrogen (secondary N) is 2. The third kappa shape index (κ3) is 4.18. The van der Waals surface area contributed by atoms with Gasteiger partial charge in [0.25, 0.3) is 0 Å². The van der Waals surface area contributed by atoms with Crippen LogP contribution in [0.15, 0.2) is 41.1 Å². The van der Waals surface area contributed by atoms with Gasteiger partial charge in [-0.2, -0.15) is 0 Å². The molecule has 2 aromatic rings. The highest BCUT2D eigenvalue weighted by atomic mass is 79.9. The molecule has 0 spiro atoms. The van der Waals surface area contributed by atoms with Crippen LogP contribution in [0.4, 0.5) is 20.6 Å². The van der Waals surface area contributed by atoms with E-state index in [0.29, 0.717) is 10.3 Å². The fourth-order valence-electron chi connectivity index (χ4n) is 1.40. The van der Waals surface area contributed by atoms with Crippen LogP contribution in [0.2, 0.25) is 5.02 Å². The average molecular weight is 345 g/mol. The molecule has 0 aliphatic rings. The molecule has 1 heterocycles. The van der Waals surface area contributed by atoms with Crippen LogP contribution in [0.5, 0.6) is 0 Å². The molecule has 4 nitrogen and oxygen atoms in total. The van der Waals surface area contributed by atoms with Crippen molar-refractivity contribution in [3.8, 4) is 0 Å². The highest BCUT2D eigenvalue weighted by molar-refractivity contribution is 9.10. The quantitative estimate of drug-likeness (QED) is 0.799. The summed E-state index contributed by atoms with van der Waals surface area (Å²) in [6.07, 6.45) is 1.54. The minimum atomic E-state index is -0.519. The van der Waals surface area contributed by atoms with Crippen molar-refractivity contribution in [3.05, 3.63) is 52.0 Å². The van der Waals surface area contributed by atoms with Gasteiger partial charge in [-0.15, -0.1) is 0 Å². The van der Waals surface area contributed by atoms with Crippen molar-refractivity contribution in [2.75, 3.05) is 10.6 Å². The van der Waals surface area contributed by atoms with Crippen LogP contribution in [0, 0.1) is 5.82 Å². The molecule has 1 aromatic heterocycles. The summed E-state index contributed by atoms with van der Waals surface area (Å²) in [6, 6.07) is 6.55. The molecule has 2 amide bonds. The molecule has 2 N–H and O–H groups in total. The lowest BCUT2D eigenvalue weighted by atomic mass is 10.3. The van der Waals surface area contributed by atoms with E-state index in [9.17, 15) is 9.18 Å². The van der Waals surface area contributed by atoms with Crippen LogP contribution in [0.1, 0.15) is 0 Å². The number of amides is 2. The number of rotatable bonds is 2. The molecule has 19 heavy (non-hydrogen) atoms. The summed E-state index contributed by atoms with van der Waals surface area (Å²) in [7, 11) is 0. The lowest BCUT2D eigenvalue weighted by Crippen LogP contribution is -2.19. The summed E-state index contributed by atoms with van der Waals surface area (Å²) in [5.41, 5.74) is 0.831. The Kier molecular flexibility index (Phi) is 4.34. The number of carbonyl (C=O) groups is 1. The van der Waals surface area contributed by atoms with Crippen molar-refractivity contribution in [2.24, 2.45) is 0 Å². The fraction of sp³-hybridized carbons (Fsp3) is 0. The molecule has 0 aliphatic carbocycles. The van der Waals surface area contributed by atoms with E-state index in [1.807, 2.05) is 0 Å². The number of urea groups is 1. The van der Waals surface area contributed by atoms with E-state index >= 15 is 0 Å². The molecule has 0 fully saturated rings. The third-order valence-corrected chi connectivity index (χ3v) is 2.76. The van der Waals surface area contributed by atoms with Gasteiger partial charge in [0.15, 0.2) is 0 Å². The van der Waals surface area contributed by atoms with Gasteiger partial charge in [0.05, 0.1) is 0 Å². The lowest BCUT2D eigenvalue weighted by molar-refractivity contribution is 0.262. The second kappa shape index (κ2) is 5.99. The molecule has 0 saturated heterocycles. The summed E-state index contributed by atoms with van der Waals surface area (Å²) in [5, 5.41) is 5.28. The summed E-state index contributed by atoms with van der Waals surface area (Å²) < 4.78 is 13.7. The highest BCUT2D eigenvalue weighted by Gasteiger charge is 2.05. The van der Waals surface area contributed by atoms with E-state index < -0.39 is 11.8 Å². The smallest absolute Gasteiger partial charge is 0.308 e. The average Bonchev–Trinajstić information content (AvgIpc) is 2.26. The first-order chi connectivity index (χ1) is 9.02. The summed E-state index contributed by atoms with van der Waals surface area (Å²) >= 11 is 8.88. The molecule has 2 rings (SSSR count). The van der Waals surface area contributed by atoms with E-state index in [4.69, 9.17) is 11.6 Å². The Morgan fingerprint density at radius 1 is 1.21 bits per heavy atom. The maximum absolute atomic E-state index is 13.1. The first-order valence-corrected chi connectivity index (χ1v) is 6.36. The predicted molar refractivity (Wildman–Crippen MR) is 76.0 cm³/mol. The molecular formula is C12H8BrClFN3O. The maximum atomic E-state index is 13.1. The molecule has 98 valence electrons. The number of nitrogens with zero attached hydrogens (tertiary/aromatic N) is 1. The maximum Gasteiger partial charge on any atom is 0.323 e. The predicted octanol–water partition coefficient (Wildman–Crippen LogP) is 4.28. The van der Waals surface area contributed by atoms with Crippen molar-refractivity contribution in [1.29, 1.82) is 0 Å². The van der Waals surface area contributed by atoms with Gasteiger partial charge in [-0.3, -0.25) is 0 Å². The zero-order chi connectivity index (χ0) is 13.8. The van der Waals surface area contributed by atoms with E-state index in [2.05, 4.69) is 31.5 Å². The van der Waals surface area contributed by atoms with Crippen LogP contribution in [-0.2, 0) is 0 Å². The number of pyridine rings is 1. The Labute approximate surface area is 122 Å². The number of aromatic nitrogens is 1. The molecule has 0 radical (unpaired) electrons. The van der Waals surface area contributed by atoms with Gasteiger partial charge in [0.1, 0.15) is 10.4 Å². The van der Waals surface area contributed by atoms with Gasteiger partial charge < -0.3 is 10.6 Å². The molecule has 0 saturated carbocycles. The second-order valence-electron chi connectivity index (χ2n) is 3.60. The second-order valence-corrected chi connectivity index (χ2v) is 4.85. The van der Waals surface area contributed by atoms with Gasteiger partial charge in [0, 0.05) is 22.6 Å². The standard InChI is InChI=1S/C12H8BrClFN3O/c13-11-6-9(1-2-16-11)17-12(19)18-10-4-7(14)3-8(15)5-10/h1-6H,(H2,16,17,18,19). The van der Waals surface area contributed by atoms with Gasteiger partial charge in [-0.05, 0) is 46.3 Å². The summed E-state index contributed by atoms with van der Waals surface area (Å²) in [6.45, 7) is 0. The molecule has 7 heteroatoms. The van der Waals surface area contributed by atoms with E-state index in [1.54, 1.807) is 18.3 Å². The number of hydrogen-bond acceptors (Lipinski definition) is 2. The lowest BCUT2D eigenvalue weighted by Gasteiger charge is -2.08. The molecule has 0 bridgehead atoms. The molecular weight excluding hydrogens is 337 g/mol. The topological polar surface area (TPSA) is 54.0 Å². The Hall–Kier alpha value is -1.66. The zero-order valence-corrected chi connectivity index (χ0v) is 11.8. The van der Waals surface area contributed by atoms with Crippen LogP contribution < -0.4 is 10.6 Å². The van der Waals surface area contributed by atoms with E-state index in [0.717, 1.165) is 6.07 Å². The van der Waals surface area contributed by atoms with Crippen LogP contribution in [-0.4, -0.2) is 11.0 Å². The minimum Gasteiger partial charge on any atom is -0.308 e. The summed E-state index contributed by atoms with van der Waals surface area (Å²) in [4.78, 5) is 15.6. The third-order valence-electron chi connectivity index (χ3n) is 2.10. The SMILES string of the molecule is O=C(Nc1cc(F)cc(Cl)c1)Nc1ccnc(Br)c1. The molecule has 0 unspecified atom stereocenters. The van der Waals surface area contributed by atoms with Gasteiger partial charge in [-0.25, -0.2) is 14.2 Å². The number of benzene rings is 1. The van der Waals surface area contributed by atoms with Gasteiger partial charge in [-0.1, -0.05) is 11.6 Å². The van der Waals surface area contributed by atoms with Gasteiger partial charge in [0.2, 0.25) is 0 Å². The Morgan fingerprint density at radius 3 is 2.63 bits per heavy atom. The fourth-order valence-corrected chi connectivity index (χ4v) is 1.99. The number of carbonyl (C=O) groups excluding carboxylic acids is 1. The van der Waals surface area contributed by atoms with Crippen molar-refractivity contribution < 1.29 is 9.18 Å². The molecule has 0 atom stereocenters. The monoisotopic (exact) mass is 343 g/mol. The summed E-state index contributed by atoms with van der Waals surface area (Å²) in [5.74, 6) is -0.519. The highest BCUT2D eigenvalue weighted by Crippen LogP contribution is 2.18. The van der Waals surface area contributed by atoms with Crippen LogP contribution in [0.25, 0.3) is 0 Å². The first kappa shape index (κ1) is 13.8. The molecule has 1 aromatic carbocycles. The minimum absolute atomic E-state index is 0.210. The largest absolute Gasteiger partial charge is 0.323 e. The van der Waals surface area contributed by atoms with Crippen LogP contribution >= 0.6 is 27.5 Å². The Bertz CT molecular complexity index is 603. The first-order valence-electron chi connectivity index (χ1n) is 5.18. The van der Waals surface area contributed by atoms with Crippen molar-refractivity contribution >= 4 is 44.9 Å². The zero-order valence-electron chi connectivity index (χ0n) is 9.45. The number of hydrogen-bond donors (Lipinski definition) is 2. The van der Waals surface area contributed by atoms with E-state index in [-0.39, 0.29) is 10.7 Å². The van der Waals surface area contributed by atoms with Crippen LogP contribution in [0.3, 0.4) is 0 Å². The van der Waals surface area contributed by atoms with Crippen molar-refractivity contribution in [2.45, 2.75) is 0 Å². The van der Waals surface area contributed by atoms with Gasteiger partial charge >= 0.3 is 6.03 Å². The normalized spacial score (nSPS) is 10.1. The Balaban J connectivity index is 2.05. The molecule has 0 aliphatic heterocycles. The number of halogens is 3. The van der Waals surface area contributed by atoms with E-state index in [1.165, 1.54) is 12.1 Å². The van der Waals surface area contributed by atoms with Crippen molar-refractivity contribution in [1.82, 2.24) is 4.98 Å². The van der Waals surface area contributed by atoms with Crippen molar-refractivity contribution in [3.63, 3.8) is 0 Å². The number of anilines is 2.